The van der Waals surface area contributed by atoms with Crippen molar-refractivity contribution in [2.24, 2.45) is 0 Å². The number of thiophene rings is 1. The first-order chi connectivity index (χ1) is 8.67. The number of hydrogen-bond acceptors (Lipinski definition) is 5. The van der Waals surface area contributed by atoms with E-state index in [1.165, 1.54) is 4.88 Å². The third-order valence-corrected chi connectivity index (χ3v) is 4.01. The average molecular weight is 264 g/mol. The van der Waals surface area contributed by atoms with Crippen molar-refractivity contribution >= 4 is 33.3 Å². The van der Waals surface area contributed by atoms with E-state index >= 15 is 0 Å². The van der Waals surface area contributed by atoms with Crippen LogP contribution in [0.25, 0.3) is 10.2 Å². The van der Waals surface area contributed by atoms with Crippen LogP contribution in [0.5, 0.6) is 0 Å². The van der Waals surface area contributed by atoms with Crippen molar-refractivity contribution in [1.29, 1.82) is 0 Å². The van der Waals surface area contributed by atoms with Crippen LogP contribution >= 0.6 is 11.3 Å². The van der Waals surface area contributed by atoms with Crippen LogP contribution in [0, 0.1) is 6.92 Å². The monoisotopic (exact) mass is 264 g/mol. The van der Waals surface area contributed by atoms with Crippen LogP contribution in [-0.4, -0.2) is 23.1 Å². The first-order valence-corrected chi connectivity index (χ1v) is 7.22. The van der Waals surface area contributed by atoms with Gasteiger partial charge in [0.05, 0.1) is 5.39 Å². The molecule has 0 aliphatic rings. The molecule has 0 fully saturated rings. The molecule has 0 saturated carbocycles. The van der Waals surface area contributed by atoms with Gasteiger partial charge in [-0.05, 0) is 25.8 Å². The molecule has 0 amide bonds. The second-order valence-electron chi connectivity index (χ2n) is 4.38. The van der Waals surface area contributed by atoms with E-state index in [-0.39, 0.29) is 0 Å². The van der Waals surface area contributed by atoms with Crippen LogP contribution < -0.4 is 10.6 Å². The average Bonchev–Trinajstić information content (AvgIpc) is 2.75. The van der Waals surface area contributed by atoms with Crippen LogP contribution in [0.4, 0.5) is 11.8 Å². The highest BCUT2D eigenvalue weighted by atomic mass is 32.1. The molecule has 0 aliphatic carbocycles. The van der Waals surface area contributed by atoms with Gasteiger partial charge in [0, 0.05) is 18.0 Å². The van der Waals surface area contributed by atoms with Crippen LogP contribution in [0.2, 0.25) is 0 Å². The van der Waals surface area contributed by atoms with Crippen molar-refractivity contribution in [3.63, 3.8) is 0 Å². The van der Waals surface area contributed by atoms with Crippen LogP contribution in [0.1, 0.15) is 31.6 Å². The summed E-state index contributed by atoms with van der Waals surface area (Å²) in [6.07, 6.45) is 2.19. The Balaban J connectivity index is 2.45. The number of nitrogens with zero attached hydrogens (tertiary/aromatic N) is 2. The fourth-order valence-electron chi connectivity index (χ4n) is 1.95. The maximum Gasteiger partial charge on any atom is 0.225 e. The maximum atomic E-state index is 4.54. The summed E-state index contributed by atoms with van der Waals surface area (Å²) in [7, 11) is 1.85. The van der Waals surface area contributed by atoms with Gasteiger partial charge in [0.1, 0.15) is 10.6 Å². The van der Waals surface area contributed by atoms with Gasteiger partial charge in [-0.2, -0.15) is 4.98 Å². The number of anilines is 2. The van der Waals surface area contributed by atoms with E-state index in [1.54, 1.807) is 11.3 Å². The summed E-state index contributed by atoms with van der Waals surface area (Å²) in [5.74, 6) is 1.63. The van der Waals surface area contributed by atoms with Gasteiger partial charge in [0.2, 0.25) is 5.95 Å². The Kier molecular flexibility index (Phi) is 4.01. The summed E-state index contributed by atoms with van der Waals surface area (Å²) in [5, 5.41) is 7.68. The number of fused-ring (bicyclic) bond motifs is 1. The van der Waals surface area contributed by atoms with E-state index in [9.17, 15) is 0 Å². The Morgan fingerprint density at radius 2 is 2.00 bits per heavy atom. The highest BCUT2D eigenvalue weighted by Gasteiger charge is 2.12. The van der Waals surface area contributed by atoms with Gasteiger partial charge in [-0.3, -0.25) is 0 Å². The lowest BCUT2D eigenvalue weighted by atomic mass is 10.1. The van der Waals surface area contributed by atoms with Crippen molar-refractivity contribution < 1.29 is 0 Å². The molecule has 0 bridgehead atoms. The van der Waals surface area contributed by atoms with Gasteiger partial charge in [-0.15, -0.1) is 11.3 Å². The summed E-state index contributed by atoms with van der Waals surface area (Å²) < 4.78 is 0. The number of aromatic nitrogens is 2. The smallest absolute Gasteiger partial charge is 0.225 e. The van der Waals surface area contributed by atoms with E-state index in [0.29, 0.717) is 12.0 Å². The standard InChI is InChI=1S/C13H20N4S/c1-5-9(6-2)15-11-10-7-8(3)18-12(10)17-13(14-4)16-11/h7,9H,5-6H2,1-4H3,(H2,14,15,16,17). The minimum absolute atomic E-state index is 0.466. The molecule has 0 aliphatic heterocycles. The largest absolute Gasteiger partial charge is 0.367 e. The molecule has 0 radical (unpaired) electrons. The van der Waals surface area contributed by atoms with Crippen molar-refractivity contribution in [3.05, 3.63) is 10.9 Å². The van der Waals surface area contributed by atoms with Gasteiger partial charge in [-0.25, -0.2) is 4.98 Å². The quantitative estimate of drug-likeness (QED) is 0.865. The fraction of sp³-hybridized carbons (Fsp3) is 0.538. The zero-order valence-electron chi connectivity index (χ0n) is 11.4. The molecule has 0 aromatic carbocycles. The molecule has 4 nitrogen and oxygen atoms in total. The Hall–Kier alpha value is -1.36. The highest BCUT2D eigenvalue weighted by molar-refractivity contribution is 7.18. The number of nitrogens with one attached hydrogen (secondary N) is 2. The molecule has 2 N–H and O–H groups in total. The molecule has 2 aromatic rings. The first kappa shape index (κ1) is 13.1. The molecule has 2 heterocycles. The van der Waals surface area contributed by atoms with E-state index in [2.05, 4.69) is 47.4 Å². The SMILES string of the molecule is CCC(CC)Nc1nc(NC)nc2sc(C)cc12. The van der Waals surface area contributed by atoms with Crippen molar-refractivity contribution in [2.45, 2.75) is 39.7 Å². The summed E-state index contributed by atoms with van der Waals surface area (Å²) in [6.45, 7) is 6.49. The minimum atomic E-state index is 0.466. The lowest BCUT2D eigenvalue weighted by Crippen LogP contribution is -2.18. The van der Waals surface area contributed by atoms with Gasteiger partial charge in [0.15, 0.2) is 0 Å². The van der Waals surface area contributed by atoms with Gasteiger partial charge in [0.25, 0.3) is 0 Å². The van der Waals surface area contributed by atoms with E-state index < -0.39 is 0 Å². The third kappa shape index (κ3) is 2.56. The zero-order chi connectivity index (χ0) is 13.1. The summed E-state index contributed by atoms with van der Waals surface area (Å²) in [5.41, 5.74) is 0. The summed E-state index contributed by atoms with van der Waals surface area (Å²) in [6, 6.07) is 2.62. The molecule has 0 atom stereocenters. The molecule has 5 heteroatoms. The van der Waals surface area contributed by atoms with E-state index in [1.807, 2.05) is 7.05 Å². The van der Waals surface area contributed by atoms with E-state index in [0.717, 1.165) is 28.9 Å². The normalized spacial score (nSPS) is 11.2. The number of hydrogen-bond donors (Lipinski definition) is 2. The van der Waals surface area contributed by atoms with Gasteiger partial charge >= 0.3 is 0 Å². The summed E-state index contributed by atoms with van der Waals surface area (Å²) >= 11 is 1.71. The Morgan fingerprint density at radius 1 is 1.28 bits per heavy atom. The predicted molar refractivity (Wildman–Crippen MR) is 79.7 cm³/mol. The molecular formula is C13H20N4S. The van der Waals surface area contributed by atoms with Crippen molar-refractivity contribution in [2.75, 3.05) is 17.7 Å². The molecule has 0 saturated heterocycles. The van der Waals surface area contributed by atoms with Crippen LogP contribution in [-0.2, 0) is 0 Å². The third-order valence-electron chi connectivity index (χ3n) is 3.07. The Labute approximate surface area is 112 Å². The fourth-order valence-corrected chi connectivity index (χ4v) is 2.83. The van der Waals surface area contributed by atoms with Crippen molar-refractivity contribution in [3.8, 4) is 0 Å². The van der Waals surface area contributed by atoms with Crippen LogP contribution in [0.15, 0.2) is 6.07 Å². The maximum absolute atomic E-state index is 4.54. The van der Waals surface area contributed by atoms with Gasteiger partial charge in [-0.1, -0.05) is 13.8 Å². The second kappa shape index (κ2) is 5.52. The minimum Gasteiger partial charge on any atom is -0.367 e. The predicted octanol–water partition coefficient (Wildman–Crippen LogP) is 3.64. The number of rotatable bonds is 5. The highest BCUT2D eigenvalue weighted by Crippen LogP contribution is 2.30. The molecule has 0 spiro atoms. The molecule has 98 valence electrons. The molecule has 0 unspecified atom stereocenters. The topological polar surface area (TPSA) is 49.8 Å². The zero-order valence-corrected chi connectivity index (χ0v) is 12.2. The Morgan fingerprint density at radius 3 is 2.61 bits per heavy atom. The van der Waals surface area contributed by atoms with Crippen LogP contribution in [0.3, 0.4) is 0 Å². The summed E-state index contributed by atoms with van der Waals surface area (Å²) in [4.78, 5) is 11.3. The first-order valence-electron chi connectivity index (χ1n) is 6.40. The Bertz CT molecular complexity index is 531. The molecule has 2 aromatic heterocycles. The second-order valence-corrected chi connectivity index (χ2v) is 5.61. The molecule has 18 heavy (non-hydrogen) atoms. The van der Waals surface area contributed by atoms with E-state index in [4.69, 9.17) is 0 Å². The van der Waals surface area contributed by atoms with Gasteiger partial charge < -0.3 is 10.6 Å². The number of aryl methyl sites for hydroxylation is 1. The lowest BCUT2D eigenvalue weighted by Gasteiger charge is -2.16. The molecular weight excluding hydrogens is 244 g/mol. The lowest BCUT2D eigenvalue weighted by molar-refractivity contribution is 0.669. The van der Waals surface area contributed by atoms with Crippen molar-refractivity contribution in [1.82, 2.24) is 9.97 Å². The molecule has 2 rings (SSSR count).